The molecule has 1 fully saturated rings. The van der Waals surface area contributed by atoms with Gasteiger partial charge in [0.1, 0.15) is 0 Å². The molecule has 0 spiro atoms. The lowest BCUT2D eigenvalue weighted by molar-refractivity contribution is -0.130. The highest BCUT2D eigenvalue weighted by atomic mass is 32.1. The van der Waals surface area contributed by atoms with E-state index < -0.39 is 0 Å². The van der Waals surface area contributed by atoms with Gasteiger partial charge in [0, 0.05) is 37.5 Å². The molecule has 1 aromatic rings. The van der Waals surface area contributed by atoms with Crippen LogP contribution in [-0.2, 0) is 16.0 Å². The Labute approximate surface area is 135 Å². The van der Waals surface area contributed by atoms with Crippen LogP contribution < -0.4 is 5.73 Å². The third-order valence-corrected chi connectivity index (χ3v) is 4.91. The van der Waals surface area contributed by atoms with Crippen LogP contribution in [0.15, 0.2) is 5.38 Å². The summed E-state index contributed by atoms with van der Waals surface area (Å²) >= 11 is 1.62. The molecule has 0 radical (unpaired) electrons. The van der Waals surface area contributed by atoms with Gasteiger partial charge >= 0.3 is 0 Å². The zero-order valence-electron chi connectivity index (χ0n) is 13.2. The van der Waals surface area contributed by atoms with E-state index in [4.69, 9.17) is 5.73 Å². The maximum Gasteiger partial charge on any atom is 0.231 e. The number of primary amides is 1. The summed E-state index contributed by atoms with van der Waals surface area (Å²) in [4.78, 5) is 31.8. The van der Waals surface area contributed by atoms with Gasteiger partial charge in [0.15, 0.2) is 0 Å². The van der Waals surface area contributed by atoms with Crippen molar-refractivity contribution >= 4 is 23.2 Å². The Bertz CT molecular complexity index is 529. The van der Waals surface area contributed by atoms with Gasteiger partial charge in [-0.05, 0) is 6.42 Å². The molecule has 22 heavy (non-hydrogen) atoms. The van der Waals surface area contributed by atoms with Crippen molar-refractivity contribution in [1.82, 2.24) is 14.8 Å². The van der Waals surface area contributed by atoms with Gasteiger partial charge in [-0.3, -0.25) is 14.5 Å². The van der Waals surface area contributed by atoms with Crippen LogP contribution in [0.25, 0.3) is 0 Å². The van der Waals surface area contributed by atoms with E-state index in [1.54, 1.807) is 11.3 Å². The first-order valence-corrected chi connectivity index (χ1v) is 8.56. The molecule has 0 unspecified atom stereocenters. The lowest BCUT2D eigenvalue weighted by atomic mass is 10.2. The topological polar surface area (TPSA) is 79.5 Å². The number of hydrogen-bond acceptors (Lipinski definition) is 5. The third-order valence-electron chi connectivity index (χ3n) is 3.72. The monoisotopic (exact) mass is 324 g/mol. The lowest BCUT2D eigenvalue weighted by Crippen LogP contribution is -2.38. The summed E-state index contributed by atoms with van der Waals surface area (Å²) in [5.41, 5.74) is 6.09. The highest BCUT2D eigenvalue weighted by molar-refractivity contribution is 7.09. The molecule has 1 aromatic heterocycles. The average Bonchev–Trinajstić information content (AvgIpc) is 2.78. The summed E-state index contributed by atoms with van der Waals surface area (Å²) < 4.78 is 0. The molecule has 0 aromatic carbocycles. The summed E-state index contributed by atoms with van der Waals surface area (Å²) in [6, 6.07) is 0. The fourth-order valence-corrected chi connectivity index (χ4v) is 3.37. The summed E-state index contributed by atoms with van der Waals surface area (Å²) in [5, 5.41) is 3.05. The molecule has 2 amide bonds. The van der Waals surface area contributed by atoms with Crippen molar-refractivity contribution in [2.75, 3.05) is 32.7 Å². The highest BCUT2D eigenvalue weighted by Gasteiger charge is 2.20. The quantitative estimate of drug-likeness (QED) is 0.870. The second kappa shape index (κ2) is 7.69. The molecule has 6 nitrogen and oxygen atoms in total. The molecule has 1 aliphatic heterocycles. The van der Waals surface area contributed by atoms with Crippen molar-refractivity contribution in [1.29, 1.82) is 0 Å². The molecule has 7 heteroatoms. The fraction of sp³-hybridized carbons (Fsp3) is 0.667. The first-order valence-electron chi connectivity index (χ1n) is 7.68. The Balaban J connectivity index is 1.88. The van der Waals surface area contributed by atoms with Gasteiger partial charge in [-0.25, -0.2) is 4.98 Å². The van der Waals surface area contributed by atoms with Crippen LogP contribution in [0.5, 0.6) is 0 Å². The maximum atomic E-state index is 12.4. The lowest BCUT2D eigenvalue weighted by Gasteiger charge is -2.21. The van der Waals surface area contributed by atoms with Gasteiger partial charge in [0.2, 0.25) is 11.8 Å². The molecule has 122 valence electrons. The van der Waals surface area contributed by atoms with Crippen molar-refractivity contribution in [2.24, 2.45) is 5.73 Å². The van der Waals surface area contributed by atoms with Crippen LogP contribution in [0.3, 0.4) is 0 Å². The summed E-state index contributed by atoms with van der Waals surface area (Å²) in [6.45, 7) is 7.36. The van der Waals surface area contributed by atoms with Crippen LogP contribution in [0, 0.1) is 0 Å². The maximum absolute atomic E-state index is 12.4. The van der Waals surface area contributed by atoms with E-state index in [0.29, 0.717) is 25.4 Å². The number of carbonyl (C=O) groups excluding carboxylic acids is 2. The Morgan fingerprint density at radius 3 is 2.73 bits per heavy atom. The Hall–Kier alpha value is -1.47. The third kappa shape index (κ3) is 4.78. The highest BCUT2D eigenvalue weighted by Crippen LogP contribution is 2.19. The number of aromatic nitrogens is 1. The van der Waals surface area contributed by atoms with E-state index in [1.165, 1.54) is 0 Å². The fourth-order valence-electron chi connectivity index (χ4n) is 2.53. The molecule has 1 aliphatic rings. The minimum atomic E-state index is -0.316. The second-order valence-electron chi connectivity index (χ2n) is 5.99. The number of thiazole rings is 1. The van der Waals surface area contributed by atoms with Gasteiger partial charge in [0.25, 0.3) is 0 Å². The van der Waals surface area contributed by atoms with E-state index in [1.807, 2.05) is 15.2 Å². The Morgan fingerprint density at radius 2 is 2.09 bits per heavy atom. The van der Waals surface area contributed by atoms with E-state index in [0.717, 1.165) is 30.2 Å². The Morgan fingerprint density at radius 1 is 1.32 bits per heavy atom. The summed E-state index contributed by atoms with van der Waals surface area (Å²) in [6.07, 6.45) is 1.23. The number of carbonyl (C=O) groups is 2. The van der Waals surface area contributed by atoms with Crippen molar-refractivity contribution in [3.63, 3.8) is 0 Å². The zero-order valence-corrected chi connectivity index (χ0v) is 14.1. The normalized spacial score (nSPS) is 16.8. The number of hydrogen-bond donors (Lipinski definition) is 1. The molecule has 0 aliphatic carbocycles. The van der Waals surface area contributed by atoms with E-state index in [2.05, 4.69) is 18.8 Å². The largest absolute Gasteiger partial charge is 0.369 e. The van der Waals surface area contributed by atoms with Crippen LogP contribution in [0.1, 0.15) is 36.9 Å². The molecule has 2 rings (SSSR count). The van der Waals surface area contributed by atoms with E-state index in [-0.39, 0.29) is 18.4 Å². The van der Waals surface area contributed by atoms with Crippen LogP contribution >= 0.6 is 11.3 Å². The van der Waals surface area contributed by atoms with Crippen molar-refractivity contribution in [3.8, 4) is 0 Å². The molecule has 0 bridgehead atoms. The number of rotatable bonds is 5. The molecule has 1 saturated heterocycles. The molecular formula is C15H24N4O2S. The van der Waals surface area contributed by atoms with Gasteiger partial charge < -0.3 is 10.6 Å². The van der Waals surface area contributed by atoms with Crippen LogP contribution in [-0.4, -0.2) is 59.3 Å². The predicted octanol–water partition coefficient (Wildman–Crippen LogP) is 0.829. The van der Waals surface area contributed by atoms with Gasteiger partial charge in [-0.15, -0.1) is 11.3 Å². The SMILES string of the molecule is CC(C)c1nc(CC(=O)N2CCCN(CC(N)=O)CC2)cs1. The Kier molecular flexibility index (Phi) is 5.90. The molecule has 2 heterocycles. The standard InChI is InChI=1S/C15H24N4O2S/c1-11(2)15-17-12(10-22-15)8-14(21)19-5-3-4-18(6-7-19)9-13(16)20/h10-11H,3-9H2,1-2H3,(H2,16,20). The number of amides is 2. The van der Waals surface area contributed by atoms with E-state index in [9.17, 15) is 9.59 Å². The smallest absolute Gasteiger partial charge is 0.231 e. The number of nitrogens with two attached hydrogens (primary N) is 1. The van der Waals surface area contributed by atoms with Gasteiger partial charge in [-0.1, -0.05) is 13.8 Å². The number of nitrogens with zero attached hydrogens (tertiary/aromatic N) is 3. The minimum absolute atomic E-state index is 0.113. The first kappa shape index (κ1) is 16.9. The summed E-state index contributed by atoms with van der Waals surface area (Å²) in [5.74, 6) is 0.194. The molecule has 0 atom stereocenters. The minimum Gasteiger partial charge on any atom is -0.369 e. The van der Waals surface area contributed by atoms with Gasteiger partial charge in [0.05, 0.1) is 23.7 Å². The van der Waals surface area contributed by atoms with Crippen molar-refractivity contribution in [3.05, 3.63) is 16.1 Å². The molecular weight excluding hydrogens is 300 g/mol. The van der Waals surface area contributed by atoms with Crippen LogP contribution in [0.2, 0.25) is 0 Å². The predicted molar refractivity (Wildman–Crippen MR) is 86.7 cm³/mol. The van der Waals surface area contributed by atoms with Gasteiger partial charge in [-0.2, -0.15) is 0 Å². The first-order chi connectivity index (χ1) is 10.5. The summed E-state index contributed by atoms with van der Waals surface area (Å²) in [7, 11) is 0. The van der Waals surface area contributed by atoms with Crippen molar-refractivity contribution in [2.45, 2.75) is 32.6 Å². The van der Waals surface area contributed by atoms with E-state index >= 15 is 0 Å². The molecule has 2 N–H and O–H groups in total. The molecule has 0 saturated carbocycles. The van der Waals surface area contributed by atoms with Crippen LogP contribution in [0.4, 0.5) is 0 Å². The van der Waals surface area contributed by atoms with Crippen molar-refractivity contribution < 1.29 is 9.59 Å². The zero-order chi connectivity index (χ0) is 16.1. The average molecular weight is 324 g/mol. The second-order valence-corrected chi connectivity index (χ2v) is 6.88.